The first-order valence-corrected chi connectivity index (χ1v) is 8.18. The highest BCUT2D eigenvalue weighted by atomic mass is 32.2. The van der Waals surface area contributed by atoms with Crippen LogP contribution in [-0.4, -0.2) is 14.4 Å². The van der Waals surface area contributed by atoms with Gasteiger partial charge >= 0.3 is 6.03 Å². The SMILES string of the molecule is N#Cc1ccc(NC(=O)Nc2ccc3c(c2)S(=O)(=O)C=C3)cc1. The third kappa shape index (κ3) is 3.07. The van der Waals surface area contributed by atoms with Crippen molar-refractivity contribution in [1.29, 1.82) is 5.26 Å². The lowest BCUT2D eigenvalue weighted by Gasteiger charge is -2.09. The van der Waals surface area contributed by atoms with Crippen LogP contribution in [0.5, 0.6) is 0 Å². The van der Waals surface area contributed by atoms with Crippen molar-refractivity contribution in [2.75, 3.05) is 10.6 Å². The zero-order chi connectivity index (χ0) is 16.4. The molecule has 0 unspecified atom stereocenters. The highest BCUT2D eigenvalue weighted by Gasteiger charge is 2.21. The molecule has 114 valence electrons. The number of hydrogen-bond acceptors (Lipinski definition) is 4. The van der Waals surface area contributed by atoms with E-state index in [1.807, 2.05) is 6.07 Å². The van der Waals surface area contributed by atoms with Gasteiger partial charge in [0.15, 0.2) is 0 Å². The van der Waals surface area contributed by atoms with E-state index in [-0.39, 0.29) is 4.90 Å². The van der Waals surface area contributed by atoms with Gasteiger partial charge in [-0.2, -0.15) is 5.26 Å². The van der Waals surface area contributed by atoms with Crippen LogP contribution in [0.2, 0.25) is 0 Å². The summed E-state index contributed by atoms with van der Waals surface area (Å²) in [5.74, 6) is 0. The van der Waals surface area contributed by atoms with Crippen LogP contribution in [0.3, 0.4) is 0 Å². The number of sulfone groups is 1. The number of fused-ring (bicyclic) bond motifs is 1. The number of carbonyl (C=O) groups is 1. The molecule has 2 amide bonds. The Morgan fingerprint density at radius 1 is 1.00 bits per heavy atom. The van der Waals surface area contributed by atoms with E-state index < -0.39 is 15.9 Å². The van der Waals surface area contributed by atoms with Crippen molar-refractivity contribution < 1.29 is 13.2 Å². The van der Waals surface area contributed by atoms with Gasteiger partial charge < -0.3 is 10.6 Å². The van der Waals surface area contributed by atoms with Crippen LogP contribution in [0, 0.1) is 11.3 Å². The number of hydrogen-bond donors (Lipinski definition) is 2. The number of carbonyl (C=O) groups excluding carboxylic acids is 1. The van der Waals surface area contributed by atoms with Crippen molar-refractivity contribution in [1.82, 2.24) is 0 Å². The summed E-state index contributed by atoms with van der Waals surface area (Å²) in [7, 11) is -3.41. The minimum atomic E-state index is -3.41. The summed E-state index contributed by atoms with van der Waals surface area (Å²) in [6, 6.07) is 12.6. The van der Waals surface area contributed by atoms with Crippen LogP contribution in [-0.2, 0) is 9.84 Å². The maximum Gasteiger partial charge on any atom is 0.323 e. The summed E-state index contributed by atoms with van der Waals surface area (Å²) in [5.41, 5.74) is 1.99. The van der Waals surface area contributed by atoms with Gasteiger partial charge in [0.25, 0.3) is 0 Å². The molecule has 0 aromatic heterocycles. The predicted molar refractivity (Wildman–Crippen MR) is 86.5 cm³/mol. The van der Waals surface area contributed by atoms with Crippen LogP contribution in [0.15, 0.2) is 52.8 Å². The number of nitrogens with one attached hydrogen (secondary N) is 2. The zero-order valence-electron chi connectivity index (χ0n) is 11.8. The van der Waals surface area contributed by atoms with E-state index in [1.165, 1.54) is 12.1 Å². The van der Waals surface area contributed by atoms with Gasteiger partial charge in [0, 0.05) is 16.8 Å². The summed E-state index contributed by atoms with van der Waals surface area (Å²) >= 11 is 0. The first kappa shape index (κ1) is 14.8. The summed E-state index contributed by atoms with van der Waals surface area (Å²) in [4.78, 5) is 12.1. The van der Waals surface area contributed by atoms with Gasteiger partial charge in [0.2, 0.25) is 9.84 Å². The number of nitrogens with zero attached hydrogens (tertiary/aromatic N) is 1. The van der Waals surface area contributed by atoms with Gasteiger partial charge in [-0.3, -0.25) is 0 Å². The molecular formula is C16H11N3O3S. The fourth-order valence-corrected chi connectivity index (χ4v) is 3.38. The number of amides is 2. The van der Waals surface area contributed by atoms with E-state index in [9.17, 15) is 13.2 Å². The van der Waals surface area contributed by atoms with Crippen molar-refractivity contribution in [2.24, 2.45) is 0 Å². The Morgan fingerprint density at radius 3 is 2.35 bits per heavy atom. The number of urea groups is 1. The minimum Gasteiger partial charge on any atom is -0.308 e. The molecule has 0 bridgehead atoms. The Labute approximate surface area is 133 Å². The monoisotopic (exact) mass is 325 g/mol. The lowest BCUT2D eigenvalue weighted by molar-refractivity contribution is 0.262. The minimum absolute atomic E-state index is 0.175. The molecule has 2 aromatic rings. The Hall–Kier alpha value is -3.11. The van der Waals surface area contributed by atoms with Gasteiger partial charge in [-0.1, -0.05) is 6.07 Å². The van der Waals surface area contributed by atoms with Crippen LogP contribution in [0.25, 0.3) is 6.08 Å². The van der Waals surface area contributed by atoms with Gasteiger partial charge in [-0.15, -0.1) is 0 Å². The maximum atomic E-state index is 11.9. The van der Waals surface area contributed by atoms with E-state index in [0.717, 1.165) is 5.41 Å². The second kappa shape index (κ2) is 5.59. The zero-order valence-corrected chi connectivity index (χ0v) is 12.6. The highest BCUT2D eigenvalue weighted by molar-refractivity contribution is 7.94. The van der Waals surface area contributed by atoms with E-state index in [1.54, 1.807) is 36.4 Å². The quantitative estimate of drug-likeness (QED) is 0.886. The molecule has 0 aliphatic carbocycles. The molecule has 0 radical (unpaired) electrons. The molecule has 7 heteroatoms. The molecule has 2 aromatic carbocycles. The number of benzene rings is 2. The Bertz CT molecular complexity index is 955. The van der Waals surface area contributed by atoms with Crippen molar-refractivity contribution in [3.8, 4) is 6.07 Å². The Kier molecular flexibility index (Phi) is 3.60. The molecule has 23 heavy (non-hydrogen) atoms. The number of anilines is 2. The van der Waals surface area contributed by atoms with E-state index in [2.05, 4.69) is 10.6 Å². The van der Waals surface area contributed by atoms with Crippen LogP contribution in [0.1, 0.15) is 11.1 Å². The molecule has 0 spiro atoms. The molecule has 6 nitrogen and oxygen atoms in total. The molecule has 3 rings (SSSR count). The van der Waals surface area contributed by atoms with E-state index >= 15 is 0 Å². The molecule has 0 fully saturated rings. The van der Waals surface area contributed by atoms with Gasteiger partial charge in [-0.05, 0) is 48.0 Å². The fraction of sp³-hybridized carbons (Fsp3) is 0. The van der Waals surface area contributed by atoms with Crippen LogP contribution < -0.4 is 10.6 Å². The van der Waals surface area contributed by atoms with Crippen molar-refractivity contribution in [3.05, 3.63) is 59.0 Å². The Balaban J connectivity index is 1.73. The highest BCUT2D eigenvalue weighted by Crippen LogP contribution is 2.29. The van der Waals surface area contributed by atoms with Crippen LogP contribution in [0.4, 0.5) is 16.2 Å². The summed E-state index contributed by atoms with van der Waals surface area (Å²) in [6.07, 6.45) is 1.52. The average molecular weight is 325 g/mol. The number of rotatable bonds is 2. The topological polar surface area (TPSA) is 99.1 Å². The lowest BCUT2D eigenvalue weighted by atomic mass is 10.2. The smallest absolute Gasteiger partial charge is 0.308 e. The second-order valence-electron chi connectivity index (χ2n) is 4.87. The molecule has 0 saturated heterocycles. The molecule has 2 N–H and O–H groups in total. The van der Waals surface area contributed by atoms with Crippen molar-refractivity contribution in [3.63, 3.8) is 0 Å². The first-order valence-electron chi connectivity index (χ1n) is 6.63. The summed E-state index contributed by atoms with van der Waals surface area (Å²) in [6.45, 7) is 0. The second-order valence-corrected chi connectivity index (χ2v) is 6.67. The molecule has 1 aliphatic heterocycles. The van der Waals surface area contributed by atoms with E-state index in [4.69, 9.17) is 5.26 Å². The third-order valence-corrected chi connectivity index (χ3v) is 4.74. The molecule has 1 heterocycles. The van der Waals surface area contributed by atoms with Crippen LogP contribution >= 0.6 is 0 Å². The van der Waals surface area contributed by atoms with Crippen molar-refractivity contribution in [2.45, 2.75) is 4.90 Å². The average Bonchev–Trinajstić information content (AvgIpc) is 2.83. The van der Waals surface area contributed by atoms with Gasteiger partial charge in [-0.25, -0.2) is 13.2 Å². The normalized spacial score (nSPS) is 13.9. The third-order valence-electron chi connectivity index (χ3n) is 3.28. The maximum absolute atomic E-state index is 11.9. The molecule has 0 saturated carbocycles. The Morgan fingerprint density at radius 2 is 1.65 bits per heavy atom. The molecule has 1 aliphatic rings. The van der Waals surface area contributed by atoms with Crippen molar-refractivity contribution >= 4 is 33.3 Å². The standard InChI is InChI=1S/C16H11N3O3S/c17-10-11-1-4-13(5-2-11)18-16(20)19-14-6-3-12-7-8-23(21,22)15(12)9-14/h1-9H,(H2,18,19,20). The molecule has 0 atom stereocenters. The number of nitriles is 1. The first-order chi connectivity index (χ1) is 11.0. The lowest BCUT2D eigenvalue weighted by Crippen LogP contribution is -2.19. The van der Waals surface area contributed by atoms with Gasteiger partial charge in [0.05, 0.1) is 16.5 Å². The summed E-state index contributed by atoms with van der Waals surface area (Å²) < 4.78 is 23.6. The summed E-state index contributed by atoms with van der Waals surface area (Å²) in [5, 5.41) is 15.0. The van der Waals surface area contributed by atoms with Gasteiger partial charge in [0.1, 0.15) is 0 Å². The fourth-order valence-electron chi connectivity index (χ4n) is 2.15. The molecular weight excluding hydrogens is 314 g/mol. The largest absolute Gasteiger partial charge is 0.323 e. The van der Waals surface area contributed by atoms with E-state index in [0.29, 0.717) is 22.5 Å². The predicted octanol–water partition coefficient (Wildman–Crippen LogP) is 2.96.